The zero-order valence-electron chi connectivity index (χ0n) is 18.7. The minimum absolute atomic E-state index is 0.203. The van der Waals surface area contributed by atoms with Crippen molar-refractivity contribution in [1.29, 1.82) is 0 Å². The molecular weight excluding hydrogens is 500 g/mol. The summed E-state index contributed by atoms with van der Waals surface area (Å²) >= 11 is 7.99. The molecule has 0 spiro atoms. The number of hydrogen-bond acceptors (Lipinski definition) is 5. The van der Waals surface area contributed by atoms with Gasteiger partial charge in [0.25, 0.3) is 0 Å². The highest BCUT2D eigenvalue weighted by molar-refractivity contribution is 7.99. The van der Waals surface area contributed by atoms with Crippen molar-refractivity contribution in [2.45, 2.75) is 21.1 Å². The second kappa shape index (κ2) is 10.3. The van der Waals surface area contributed by atoms with Crippen LogP contribution in [0.2, 0.25) is 5.02 Å². The molecular formula is C27H23ClN2O3S2. The van der Waals surface area contributed by atoms with E-state index in [0.29, 0.717) is 36.0 Å². The average molecular weight is 523 g/mol. The van der Waals surface area contributed by atoms with Crippen LogP contribution < -0.4 is 14.4 Å². The van der Waals surface area contributed by atoms with E-state index in [2.05, 4.69) is 21.8 Å². The van der Waals surface area contributed by atoms with Crippen molar-refractivity contribution in [3.63, 3.8) is 0 Å². The van der Waals surface area contributed by atoms with E-state index in [4.69, 9.17) is 16.3 Å². The Kier molecular flexibility index (Phi) is 7.02. The van der Waals surface area contributed by atoms with Crippen molar-refractivity contribution in [3.8, 4) is 11.5 Å². The van der Waals surface area contributed by atoms with E-state index in [-0.39, 0.29) is 4.90 Å². The molecule has 0 radical (unpaired) electrons. The van der Waals surface area contributed by atoms with E-state index >= 15 is 0 Å². The quantitative estimate of drug-likeness (QED) is 0.250. The Morgan fingerprint density at radius 1 is 0.800 bits per heavy atom. The average Bonchev–Trinajstić information content (AvgIpc) is 2.87. The van der Waals surface area contributed by atoms with Crippen LogP contribution in [-0.4, -0.2) is 21.5 Å². The van der Waals surface area contributed by atoms with E-state index in [9.17, 15) is 8.42 Å². The summed E-state index contributed by atoms with van der Waals surface area (Å²) in [4.78, 5) is 4.71. The Balaban J connectivity index is 1.22. The molecule has 8 heteroatoms. The van der Waals surface area contributed by atoms with Crippen LogP contribution in [0.25, 0.3) is 0 Å². The Morgan fingerprint density at radius 3 is 2.29 bits per heavy atom. The predicted molar refractivity (Wildman–Crippen MR) is 142 cm³/mol. The summed E-state index contributed by atoms with van der Waals surface area (Å²) in [6.07, 6.45) is 0.624. The molecule has 0 bridgehead atoms. The van der Waals surface area contributed by atoms with E-state index in [0.717, 1.165) is 16.3 Å². The molecule has 178 valence electrons. The number of halogens is 1. The molecule has 1 N–H and O–H groups in total. The molecule has 1 aliphatic heterocycles. The van der Waals surface area contributed by atoms with Crippen molar-refractivity contribution >= 4 is 44.8 Å². The van der Waals surface area contributed by atoms with E-state index in [1.807, 2.05) is 60.7 Å². The summed E-state index contributed by atoms with van der Waals surface area (Å²) in [6.45, 7) is 0.962. The predicted octanol–water partition coefficient (Wildman–Crippen LogP) is 7.10. The fourth-order valence-corrected chi connectivity index (χ4v) is 6.20. The summed E-state index contributed by atoms with van der Waals surface area (Å²) in [7, 11) is -3.63. The van der Waals surface area contributed by atoms with Crippen LogP contribution in [-0.2, 0) is 10.0 Å². The van der Waals surface area contributed by atoms with Crippen molar-refractivity contribution in [3.05, 3.63) is 102 Å². The first-order valence-corrected chi connectivity index (χ1v) is 13.8. The minimum atomic E-state index is -3.63. The van der Waals surface area contributed by atoms with Crippen LogP contribution in [0.15, 0.2) is 112 Å². The minimum Gasteiger partial charge on any atom is -0.457 e. The lowest BCUT2D eigenvalue weighted by molar-refractivity contribution is 0.482. The number of fused-ring (bicyclic) bond motifs is 2. The number of nitrogens with zero attached hydrogens (tertiary/aromatic N) is 1. The molecule has 0 atom stereocenters. The van der Waals surface area contributed by atoms with Gasteiger partial charge in [0.1, 0.15) is 11.5 Å². The molecule has 4 aromatic rings. The highest BCUT2D eigenvalue weighted by Crippen LogP contribution is 2.48. The first-order chi connectivity index (χ1) is 17.0. The molecule has 0 aromatic heterocycles. The van der Waals surface area contributed by atoms with Gasteiger partial charge in [0.2, 0.25) is 10.0 Å². The standard InChI is InChI=1S/C27H23ClN2O3S2/c28-20-11-16-27-25(19-20)30(24-9-4-5-10-26(24)34-27)18-6-17-29-35(31,32)23-14-12-22(13-15-23)33-21-7-2-1-3-8-21/h1-5,7-16,19,29H,6,17-18H2. The van der Waals surface area contributed by atoms with Crippen molar-refractivity contribution in [1.82, 2.24) is 4.72 Å². The van der Waals surface area contributed by atoms with E-state index in [1.165, 1.54) is 4.90 Å². The normalized spacial score (nSPS) is 12.7. The van der Waals surface area contributed by atoms with Crippen molar-refractivity contribution in [2.24, 2.45) is 0 Å². The number of hydrogen-bond donors (Lipinski definition) is 1. The molecule has 0 aliphatic carbocycles. The molecule has 5 nitrogen and oxygen atoms in total. The first kappa shape index (κ1) is 23.8. The van der Waals surface area contributed by atoms with Crippen LogP contribution in [0.5, 0.6) is 11.5 Å². The first-order valence-electron chi connectivity index (χ1n) is 11.2. The molecule has 5 rings (SSSR count). The number of rotatable bonds is 8. The Labute approximate surface area is 214 Å². The lowest BCUT2D eigenvalue weighted by Gasteiger charge is -2.33. The van der Waals surface area contributed by atoms with E-state index in [1.54, 1.807) is 36.0 Å². The maximum Gasteiger partial charge on any atom is 0.240 e. The third-order valence-electron chi connectivity index (χ3n) is 5.55. The summed E-state index contributed by atoms with van der Waals surface area (Å²) in [6, 6.07) is 29.9. The van der Waals surface area contributed by atoms with E-state index < -0.39 is 10.0 Å². The molecule has 35 heavy (non-hydrogen) atoms. The van der Waals surface area contributed by atoms with Gasteiger partial charge in [-0.25, -0.2) is 13.1 Å². The Morgan fingerprint density at radius 2 is 1.49 bits per heavy atom. The maximum atomic E-state index is 12.8. The number of benzene rings is 4. The number of ether oxygens (including phenoxy) is 1. The molecule has 0 unspecified atom stereocenters. The lowest BCUT2D eigenvalue weighted by Crippen LogP contribution is -2.29. The van der Waals surface area contributed by atoms with Crippen LogP contribution in [0, 0.1) is 0 Å². The molecule has 1 heterocycles. The third-order valence-corrected chi connectivity index (χ3v) is 8.39. The summed E-state index contributed by atoms with van der Waals surface area (Å²) in [5.41, 5.74) is 2.14. The summed E-state index contributed by atoms with van der Waals surface area (Å²) in [5, 5.41) is 0.675. The van der Waals surface area contributed by atoms with Crippen LogP contribution in [0.4, 0.5) is 11.4 Å². The second-order valence-corrected chi connectivity index (χ2v) is 11.3. The number of nitrogens with one attached hydrogen (secondary N) is 1. The van der Waals surface area contributed by atoms with Crippen molar-refractivity contribution < 1.29 is 13.2 Å². The number of anilines is 2. The highest BCUT2D eigenvalue weighted by atomic mass is 35.5. The fraction of sp³-hybridized carbons (Fsp3) is 0.111. The molecule has 0 fully saturated rings. The maximum absolute atomic E-state index is 12.8. The van der Waals surface area contributed by atoms with Crippen molar-refractivity contribution in [2.75, 3.05) is 18.0 Å². The van der Waals surface area contributed by atoms with Crippen LogP contribution in [0.1, 0.15) is 6.42 Å². The third kappa shape index (κ3) is 5.49. The largest absolute Gasteiger partial charge is 0.457 e. The Hall–Kier alpha value is -2.97. The second-order valence-electron chi connectivity index (χ2n) is 7.97. The van der Waals surface area contributed by atoms with Gasteiger partial charge in [-0.2, -0.15) is 0 Å². The smallest absolute Gasteiger partial charge is 0.240 e. The zero-order valence-corrected chi connectivity index (χ0v) is 21.1. The van der Waals surface area contributed by atoms with Gasteiger partial charge in [0, 0.05) is 27.9 Å². The highest BCUT2D eigenvalue weighted by Gasteiger charge is 2.23. The number of para-hydroxylation sites is 2. The molecule has 4 aromatic carbocycles. The van der Waals surface area contributed by atoms with Gasteiger partial charge in [-0.1, -0.05) is 53.7 Å². The lowest BCUT2D eigenvalue weighted by atomic mass is 10.2. The summed E-state index contributed by atoms with van der Waals surface area (Å²) in [5.74, 6) is 1.27. The zero-order chi connectivity index (χ0) is 24.3. The van der Waals surface area contributed by atoms with Gasteiger partial charge in [-0.05, 0) is 73.2 Å². The van der Waals surface area contributed by atoms with Gasteiger partial charge < -0.3 is 9.64 Å². The van der Waals surface area contributed by atoms with Crippen LogP contribution >= 0.6 is 23.4 Å². The van der Waals surface area contributed by atoms with Gasteiger partial charge in [-0.15, -0.1) is 0 Å². The topological polar surface area (TPSA) is 58.6 Å². The van der Waals surface area contributed by atoms with Crippen LogP contribution in [0.3, 0.4) is 0 Å². The SMILES string of the molecule is O=S(=O)(NCCCN1c2ccccc2Sc2ccc(Cl)cc21)c1ccc(Oc2ccccc2)cc1. The van der Waals surface area contributed by atoms with Gasteiger partial charge in [-0.3, -0.25) is 0 Å². The Bertz CT molecular complexity index is 1430. The van der Waals surface area contributed by atoms with Gasteiger partial charge >= 0.3 is 0 Å². The fourth-order valence-electron chi connectivity index (χ4n) is 3.88. The molecule has 1 aliphatic rings. The van der Waals surface area contributed by atoms with Gasteiger partial charge in [0.15, 0.2) is 0 Å². The monoisotopic (exact) mass is 522 g/mol. The molecule has 0 saturated heterocycles. The van der Waals surface area contributed by atoms with Gasteiger partial charge in [0.05, 0.1) is 16.3 Å². The summed E-state index contributed by atoms with van der Waals surface area (Å²) < 4.78 is 34.1. The molecule has 0 saturated carbocycles. The number of sulfonamides is 1. The molecule has 0 amide bonds.